The Morgan fingerprint density at radius 3 is 2.70 bits per heavy atom. The minimum atomic E-state index is -0.230. The van der Waals surface area contributed by atoms with Crippen LogP contribution in [0.3, 0.4) is 0 Å². The molecule has 0 saturated carbocycles. The molecule has 27 heavy (non-hydrogen) atoms. The van der Waals surface area contributed by atoms with Gasteiger partial charge in [-0.05, 0) is 61.3 Å². The molecule has 3 heterocycles. The van der Waals surface area contributed by atoms with Crippen molar-refractivity contribution in [1.82, 2.24) is 19.7 Å². The second-order valence-corrected chi connectivity index (χ2v) is 7.90. The number of benzene rings is 1. The summed E-state index contributed by atoms with van der Waals surface area (Å²) in [6.07, 6.45) is 5.92. The van der Waals surface area contributed by atoms with E-state index in [0.29, 0.717) is 6.54 Å². The van der Waals surface area contributed by atoms with E-state index in [1.807, 2.05) is 30.3 Å². The molecule has 0 radical (unpaired) electrons. The number of hydrogen-bond donors (Lipinski definition) is 0. The van der Waals surface area contributed by atoms with Crippen LogP contribution in [0.2, 0.25) is 0 Å². The normalized spacial score (nSPS) is 18.4. The molecule has 1 aromatic heterocycles. The summed E-state index contributed by atoms with van der Waals surface area (Å²) in [5.74, 6) is 0.155. The molecule has 1 aromatic carbocycles. The monoisotopic (exact) mass is 364 g/mol. The summed E-state index contributed by atoms with van der Waals surface area (Å²) in [6.45, 7) is 4.60. The Kier molecular flexibility index (Phi) is 5.23. The molecule has 1 atom stereocenters. The van der Waals surface area contributed by atoms with Crippen molar-refractivity contribution in [3.8, 4) is 0 Å². The number of likely N-dealkylation sites (tertiary alicyclic amines) is 1. The number of nitrogens with zero attached hydrogens (tertiary/aromatic N) is 4. The molecule has 1 amide bonds. The summed E-state index contributed by atoms with van der Waals surface area (Å²) in [5.41, 5.74) is 4.98. The first-order valence-corrected chi connectivity index (χ1v) is 9.80. The first-order chi connectivity index (χ1) is 13.1. The van der Waals surface area contributed by atoms with Crippen LogP contribution < -0.4 is 0 Å². The van der Waals surface area contributed by atoms with Crippen molar-refractivity contribution in [3.05, 3.63) is 65.0 Å². The van der Waals surface area contributed by atoms with Crippen molar-refractivity contribution >= 4 is 5.91 Å². The predicted molar refractivity (Wildman–Crippen MR) is 106 cm³/mol. The topological polar surface area (TPSA) is 39.7 Å². The Balaban J connectivity index is 1.52. The smallest absolute Gasteiger partial charge is 0.244 e. The minimum absolute atomic E-state index is 0.155. The zero-order chi connectivity index (χ0) is 18.8. The highest BCUT2D eigenvalue weighted by atomic mass is 16.2. The Hall–Kier alpha value is -2.24. The van der Waals surface area contributed by atoms with Crippen LogP contribution in [0.5, 0.6) is 0 Å². The minimum Gasteiger partial charge on any atom is -0.340 e. The van der Waals surface area contributed by atoms with Crippen molar-refractivity contribution < 1.29 is 4.79 Å². The van der Waals surface area contributed by atoms with Crippen LogP contribution >= 0.6 is 0 Å². The van der Waals surface area contributed by atoms with E-state index in [4.69, 9.17) is 0 Å². The number of likely N-dealkylation sites (N-methyl/N-ethyl adjacent to an activating group) is 1. The third-order valence-electron chi connectivity index (χ3n) is 5.69. The van der Waals surface area contributed by atoms with Crippen LogP contribution in [-0.4, -0.2) is 52.8 Å². The van der Waals surface area contributed by atoms with Gasteiger partial charge in [0.1, 0.15) is 6.04 Å². The van der Waals surface area contributed by atoms with Crippen LogP contribution in [0.15, 0.2) is 42.7 Å². The lowest BCUT2D eigenvalue weighted by Gasteiger charge is -2.30. The van der Waals surface area contributed by atoms with E-state index in [2.05, 4.69) is 40.0 Å². The maximum absolute atomic E-state index is 13.4. The third kappa shape index (κ3) is 3.89. The fourth-order valence-corrected chi connectivity index (χ4v) is 4.32. The van der Waals surface area contributed by atoms with Crippen molar-refractivity contribution in [2.75, 3.05) is 27.2 Å². The molecule has 5 nitrogen and oxygen atoms in total. The second-order valence-electron chi connectivity index (χ2n) is 7.90. The molecule has 2 aromatic rings. The molecule has 2 aliphatic rings. The maximum Gasteiger partial charge on any atom is 0.244 e. The van der Waals surface area contributed by atoms with Crippen LogP contribution in [0, 0.1) is 0 Å². The zero-order valence-electron chi connectivity index (χ0n) is 16.3. The van der Waals surface area contributed by atoms with Gasteiger partial charge in [-0.25, -0.2) is 0 Å². The average Bonchev–Trinajstić information content (AvgIpc) is 3.31. The molecule has 0 bridgehead atoms. The number of pyridine rings is 1. The molecule has 0 spiro atoms. The Labute approximate surface area is 161 Å². The van der Waals surface area contributed by atoms with E-state index >= 15 is 0 Å². The molecule has 0 aliphatic carbocycles. The van der Waals surface area contributed by atoms with Gasteiger partial charge < -0.3 is 4.90 Å². The van der Waals surface area contributed by atoms with E-state index in [0.717, 1.165) is 44.6 Å². The molecule has 2 aliphatic heterocycles. The molecule has 1 fully saturated rings. The van der Waals surface area contributed by atoms with Crippen molar-refractivity contribution in [2.45, 2.75) is 38.5 Å². The largest absolute Gasteiger partial charge is 0.340 e. The summed E-state index contributed by atoms with van der Waals surface area (Å²) in [6, 6.07) is 10.3. The van der Waals surface area contributed by atoms with Crippen LogP contribution in [0.25, 0.3) is 0 Å². The summed E-state index contributed by atoms with van der Waals surface area (Å²) in [4.78, 5) is 24.1. The lowest BCUT2D eigenvalue weighted by atomic mass is 10.0. The molecule has 0 N–H and O–H groups in total. The number of amides is 1. The van der Waals surface area contributed by atoms with Gasteiger partial charge in [0.15, 0.2) is 0 Å². The van der Waals surface area contributed by atoms with Gasteiger partial charge >= 0.3 is 0 Å². The third-order valence-corrected chi connectivity index (χ3v) is 5.69. The second kappa shape index (κ2) is 7.79. The van der Waals surface area contributed by atoms with Gasteiger partial charge in [0.2, 0.25) is 5.91 Å². The number of hydrogen-bond acceptors (Lipinski definition) is 4. The Morgan fingerprint density at radius 1 is 1.19 bits per heavy atom. The highest BCUT2D eigenvalue weighted by Gasteiger charge is 2.32. The SMILES string of the molecule is CN1Cc2ccc(CN(C)C(=O)[C@H](c3cccnc3)N3CCCC3)cc2C1. The van der Waals surface area contributed by atoms with Gasteiger partial charge in [0.25, 0.3) is 0 Å². The summed E-state index contributed by atoms with van der Waals surface area (Å²) in [7, 11) is 4.06. The number of carbonyl (C=O) groups is 1. The predicted octanol–water partition coefficient (Wildman–Crippen LogP) is 2.82. The van der Waals surface area contributed by atoms with Gasteiger partial charge in [-0.2, -0.15) is 0 Å². The van der Waals surface area contributed by atoms with Gasteiger partial charge in [-0.15, -0.1) is 0 Å². The zero-order valence-corrected chi connectivity index (χ0v) is 16.3. The maximum atomic E-state index is 13.4. The molecule has 5 heteroatoms. The lowest BCUT2D eigenvalue weighted by molar-refractivity contribution is -0.136. The number of carbonyl (C=O) groups excluding carboxylic acids is 1. The molecule has 4 rings (SSSR count). The van der Waals surface area contributed by atoms with Crippen molar-refractivity contribution in [3.63, 3.8) is 0 Å². The Bertz CT molecular complexity index is 801. The first-order valence-electron chi connectivity index (χ1n) is 9.80. The number of fused-ring (bicyclic) bond motifs is 1. The van der Waals surface area contributed by atoms with Gasteiger partial charge in [-0.3, -0.25) is 19.6 Å². The van der Waals surface area contributed by atoms with E-state index < -0.39 is 0 Å². The summed E-state index contributed by atoms with van der Waals surface area (Å²) >= 11 is 0. The van der Waals surface area contributed by atoms with E-state index in [-0.39, 0.29) is 11.9 Å². The molecular weight excluding hydrogens is 336 g/mol. The van der Waals surface area contributed by atoms with E-state index in [1.54, 1.807) is 6.20 Å². The quantitative estimate of drug-likeness (QED) is 0.818. The van der Waals surface area contributed by atoms with Gasteiger partial charge in [-0.1, -0.05) is 24.3 Å². The van der Waals surface area contributed by atoms with Crippen LogP contribution in [-0.2, 0) is 24.4 Å². The van der Waals surface area contributed by atoms with Crippen LogP contribution in [0.4, 0.5) is 0 Å². The number of rotatable bonds is 5. The van der Waals surface area contributed by atoms with Crippen LogP contribution in [0.1, 0.15) is 41.1 Å². The molecular formula is C22H28N4O. The summed E-state index contributed by atoms with van der Waals surface area (Å²) < 4.78 is 0. The van der Waals surface area contributed by atoms with Gasteiger partial charge in [0, 0.05) is 39.1 Å². The highest BCUT2D eigenvalue weighted by Crippen LogP contribution is 2.28. The van der Waals surface area contributed by atoms with Crippen molar-refractivity contribution in [2.24, 2.45) is 0 Å². The molecule has 1 saturated heterocycles. The first kappa shape index (κ1) is 18.1. The fraction of sp³-hybridized carbons (Fsp3) is 0.455. The highest BCUT2D eigenvalue weighted by molar-refractivity contribution is 5.83. The average molecular weight is 364 g/mol. The van der Waals surface area contributed by atoms with E-state index in [1.165, 1.54) is 16.7 Å². The Morgan fingerprint density at radius 2 is 1.96 bits per heavy atom. The standard InChI is InChI=1S/C22H28N4O/c1-24-15-19-8-7-17(12-20(19)16-24)14-25(2)22(27)21(26-10-3-4-11-26)18-6-5-9-23-13-18/h5-9,12-13,21H,3-4,10-11,14-16H2,1-2H3/t21-/m0/s1. The molecule has 142 valence electrons. The van der Waals surface area contributed by atoms with Crippen molar-refractivity contribution in [1.29, 1.82) is 0 Å². The van der Waals surface area contributed by atoms with Gasteiger partial charge in [0.05, 0.1) is 0 Å². The van der Waals surface area contributed by atoms with E-state index in [9.17, 15) is 4.79 Å². The summed E-state index contributed by atoms with van der Waals surface area (Å²) in [5, 5.41) is 0. The number of aromatic nitrogens is 1. The lowest BCUT2D eigenvalue weighted by Crippen LogP contribution is -2.40. The fourth-order valence-electron chi connectivity index (χ4n) is 4.32. The molecule has 0 unspecified atom stereocenters.